The predicted molar refractivity (Wildman–Crippen MR) is 79.4 cm³/mol. The number of benzene rings is 1. The highest BCUT2D eigenvalue weighted by Gasteiger charge is 2.40. The summed E-state index contributed by atoms with van der Waals surface area (Å²) in [4.78, 5) is 0. The van der Waals surface area contributed by atoms with Crippen molar-refractivity contribution in [1.82, 2.24) is 0 Å². The van der Waals surface area contributed by atoms with E-state index in [1.807, 2.05) is 6.07 Å². The highest BCUT2D eigenvalue weighted by Crippen LogP contribution is 2.51. The number of aliphatic hydroxyl groups is 1. The molecule has 0 saturated heterocycles. The summed E-state index contributed by atoms with van der Waals surface area (Å²) in [6.07, 6.45) is 6.02. The van der Waals surface area contributed by atoms with Gasteiger partial charge in [-0.3, -0.25) is 0 Å². The maximum absolute atomic E-state index is 10.5. The van der Waals surface area contributed by atoms with Gasteiger partial charge in [-0.25, -0.2) is 0 Å². The quantitative estimate of drug-likeness (QED) is 0.841. The van der Waals surface area contributed by atoms with Crippen LogP contribution in [0, 0.1) is 31.6 Å². The number of halogens is 1. The fraction of sp³-hybridized carbons (Fsp3) is 0.647. The van der Waals surface area contributed by atoms with Crippen molar-refractivity contribution in [3.63, 3.8) is 0 Å². The summed E-state index contributed by atoms with van der Waals surface area (Å²) in [7, 11) is 0. The zero-order valence-electron chi connectivity index (χ0n) is 11.8. The van der Waals surface area contributed by atoms with Gasteiger partial charge in [0.2, 0.25) is 0 Å². The van der Waals surface area contributed by atoms with Crippen LogP contribution >= 0.6 is 11.6 Å². The fourth-order valence-electron chi connectivity index (χ4n) is 4.14. The molecule has 0 aliphatic heterocycles. The Labute approximate surface area is 121 Å². The zero-order valence-corrected chi connectivity index (χ0v) is 12.6. The minimum atomic E-state index is -0.392. The number of rotatable bonds is 3. The standard InChI is InChI=1S/C17H23ClO/c1-10-5-15(16(18)6-11(10)2)17(19)9-14-8-12-3-4-13(14)7-12/h5-6,12-14,17,19H,3-4,7-9H2,1-2H3. The largest absolute Gasteiger partial charge is 0.388 e. The zero-order chi connectivity index (χ0) is 13.6. The van der Waals surface area contributed by atoms with Gasteiger partial charge in [0.25, 0.3) is 0 Å². The van der Waals surface area contributed by atoms with Gasteiger partial charge in [0.15, 0.2) is 0 Å². The highest BCUT2D eigenvalue weighted by molar-refractivity contribution is 6.31. The molecule has 3 rings (SSSR count). The topological polar surface area (TPSA) is 20.2 Å². The van der Waals surface area contributed by atoms with E-state index in [4.69, 9.17) is 11.6 Å². The molecule has 4 unspecified atom stereocenters. The van der Waals surface area contributed by atoms with Crippen LogP contribution in [0.3, 0.4) is 0 Å². The van der Waals surface area contributed by atoms with Gasteiger partial charge < -0.3 is 5.11 Å². The summed E-state index contributed by atoms with van der Waals surface area (Å²) in [6.45, 7) is 4.15. The molecule has 0 heterocycles. The molecule has 1 aromatic rings. The molecule has 4 atom stereocenters. The molecule has 104 valence electrons. The normalized spacial score (nSPS) is 30.8. The Kier molecular flexibility index (Phi) is 3.61. The van der Waals surface area contributed by atoms with Crippen molar-refractivity contribution in [3.8, 4) is 0 Å². The lowest BCUT2D eigenvalue weighted by molar-refractivity contribution is 0.125. The average Bonchev–Trinajstić information content (AvgIpc) is 2.95. The fourth-order valence-corrected chi connectivity index (χ4v) is 4.48. The van der Waals surface area contributed by atoms with Crippen LogP contribution in [0.15, 0.2) is 12.1 Å². The Hall–Kier alpha value is -0.530. The molecule has 0 spiro atoms. The van der Waals surface area contributed by atoms with E-state index in [0.29, 0.717) is 5.92 Å². The van der Waals surface area contributed by atoms with E-state index in [1.165, 1.54) is 36.8 Å². The van der Waals surface area contributed by atoms with Crippen molar-refractivity contribution in [2.24, 2.45) is 17.8 Å². The van der Waals surface area contributed by atoms with Gasteiger partial charge in [-0.15, -0.1) is 0 Å². The summed E-state index contributed by atoms with van der Waals surface area (Å²) in [5.74, 6) is 2.52. The molecule has 0 amide bonds. The van der Waals surface area contributed by atoms with Crippen molar-refractivity contribution in [2.75, 3.05) is 0 Å². The maximum Gasteiger partial charge on any atom is 0.0807 e. The predicted octanol–water partition coefficient (Wildman–Crippen LogP) is 4.82. The maximum atomic E-state index is 10.5. The molecule has 1 aromatic carbocycles. The third kappa shape index (κ3) is 2.55. The van der Waals surface area contributed by atoms with E-state index in [1.54, 1.807) is 0 Å². The van der Waals surface area contributed by atoms with E-state index in [9.17, 15) is 5.11 Å². The number of aryl methyl sites for hydroxylation is 2. The second-order valence-corrected chi connectivity index (χ2v) is 7.05. The van der Waals surface area contributed by atoms with E-state index in [0.717, 1.165) is 28.8 Å². The third-order valence-electron chi connectivity index (χ3n) is 5.38. The lowest BCUT2D eigenvalue weighted by Crippen LogP contribution is -2.14. The van der Waals surface area contributed by atoms with Crippen molar-refractivity contribution >= 4 is 11.6 Å². The van der Waals surface area contributed by atoms with Crippen LogP contribution in [-0.2, 0) is 0 Å². The van der Waals surface area contributed by atoms with Crippen molar-refractivity contribution in [3.05, 3.63) is 33.8 Å². The molecule has 1 N–H and O–H groups in total. The van der Waals surface area contributed by atoms with E-state index < -0.39 is 6.10 Å². The Morgan fingerprint density at radius 1 is 1.21 bits per heavy atom. The number of fused-ring (bicyclic) bond motifs is 2. The molecule has 1 nitrogen and oxygen atoms in total. The first-order valence-electron chi connectivity index (χ1n) is 7.49. The van der Waals surface area contributed by atoms with Gasteiger partial charge in [-0.1, -0.05) is 24.1 Å². The van der Waals surface area contributed by atoms with Crippen LogP contribution in [0.25, 0.3) is 0 Å². The SMILES string of the molecule is Cc1cc(Cl)c(C(O)CC2CC3CCC2C3)cc1C. The van der Waals surface area contributed by atoms with Crippen molar-refractivity contribution in [2.45, 2.75) is 52.1 Å². The van der Waals surface area contributed by atoms with Gasteiger partial charge in [0, 0.05) is 5.02 Å². The van der Waals surface area contributed by atoms with Gasteiger partial charge in [-0.2, -0.15) is 0 Å². The average molecular weight is 279 g/mol. The van der Waals surface area contributed by atoms with Crippen LogP contribution in [-0.4, -0.2) is 5.11 Å². The summed E-state index contributed by atoms with van der Waals surface area (Å²) < 4.78 is 0. The van der Waals surface area contributed by atoms with Crippen LogP contribution in [0.4, 0.5) is 0 Å². The first-order valence-corrected chi connectivity index (χ1v) is 7.87. The lowest BCUT2D eigenvalue weighted by Gasteiger charge is -2.25. The van der Waals surface area contributed by atoms with Gasteiger partial charge >= 0.3 is 0 Å². The number of hydrogen-bond donors (Lipinski definition) is 1. The number of hydrogen-bond acceptors (Lipinski definition) is 1. The van der Waals surface area contributed by atoms with Crippen LogP contribution < -0.4 is 0 Å². The molecule has 0 radical (unpaired) electrons. The minimum absolute atomic E-state index is 0.392. The smallest absolute Gasteiger partial charge is 0.0807 e. The second-order valence-electron chi connectivity index (χ2n) is 6.64. The molecule has 0 aromatic heterocycles. The molecule has 2 aliphatic rings. The summed E-state index contributed by atoms with van der Waals surface area (Å²) in [6, 6.07) is 4.05. The Bertz CT molecular complexity index is 482. The summed E-state index contributed by atoms with van der Waals surface area (Å²) >= 11 is 6.30. The van der Waals surface area contributed by atoms with Crippen molar-refractivity contribution in [1.29, 1.82) is 0 Å². The summed E-state index contributed by atoms with van der Waals surface area (Å²) in [5.41, 5.74) is 3.33. The van der Waals surface area contributed by atoms with E-state index in [2.05, 4.69) is 19.9 Å². The molecule has 2 saturated carbocycles. The molecule has 2 fully saturated rings. The molecule has 2 heteroatoms. The molecular weight excluding hydrogens is 256 g/mol. The Morgan fingerprint density at radius 3 is 2.58 bits per heavy atom. The van der Waals surface area contributed by atoms with E-state index >= 15 is 0 Å². The Morgan fingerprint density at radius 2 is 1.95 bits per heavy atom. The molecule has 2 aliphatic carbocycles. The first kappa shape index (κ1) is 13.5. The van der Waals surface area contributed by atoms with Crippen LogP contribution in [0.2, 0.25) is 5.02 Å². The molecule has 19 heavy (non-hydrogen) atoms. The minimum Gasteiger partial charge on any atom is -0.388 e. The van der Waals surface area contributed by atoms with Crippen molar-refractivity contribution < 1.29 is 5.11 Å². The first-order chi connectivity index (χ1) is 9.04. The van der Waals surface area contributed by atoms with Gasteiger partial charge in [0.1, 0.15) is 0 Å². The lowest BCUT2D eigenvalue weighted by atomic mass is 9.83. The monoisotopic (exact) mass is 278 g/mol. The molecule has 2 bridgehead atoms. The third-order valence-corrected chi connectivity index (χ3v) is 5.71. The number of aliphatic hydroxyl groups excluding tert-OH is 1. The van der Waals surface area contributed by atoms with E-state index in [-0.39, 0.29) is 0 Å². The highest BCUT2D eigenvalue weighted by atomic mass is 35.5. The summed E-state index contributed by atoms with van der Waals surface area (Å²) in [5, 5.41) is 11.2. The van der Waals surface area contributed by atoms with Gasteiger partial charge in [-0.05, 0) is 80.0 Å². The molecular formula is C17H23ClO. The van der Waals surface area contributed by atoms with Crippen LogP contribution in [0.1, 0.15) is 54.9 Å². The van der Waals surface area contributed by atoms with Crippen LogP contribution in [0.5, 0.6) is 0 Å². The second kappa shape index (κ2) is 5.10. The Balaban J connectivity index is 1.73. The van der Waals surface area contributed by atoms with Gasteiger partial charge in [0.05, 0.1) is 6.10 Å².